The van der Waals surface area contributed by atoms with E-state index in [9.17, 15) is 4.79 Å². The number of piperazine rings is 1. The van der Waals surface area contributed by atoms with Gasteiger partial charge in [-0.1, -0.05) is 0 Å². The second-order valence-corrected chi connectivity index (χ2v) is 5.40. The van der Waals surface area contributed by atoms with Crippen molar-refractivity contribution in [3.05, 3.63) is 24.0 Å². The van der Waals surface area contributed by atoms with E-state index in [1.165, 1.54) is 0 Å². The van der Waals surface area contributed by atoms with Crippen LogP contribution in [0.2, 0.25) is 0 Å². The van der Waals surface area contributed by atoms with E-state index in [2.05, 4.69) is 30.8 Å². The van der Waals surface area contributed by atoms with E-state index in [1.54, 1.807) is 18.3 Å². The first-order chi connectivity index (χ1) is 8.42. The molecule has 0 aromatic carbocycles. The Morgan fingerprint density at radius 2 is 2.17 bits per heavy atom. The third-order valence-corrected chi connectivity index (χ3v) is 3.65. The number of anilines is 1. The molecule has 0 radical (unpaired) electrons. The summed E-state index contributed by atoms with van der Waals surface area (Å²) in [7, 11) is 2.08. The number of amides is 1. The van der Waals surface area contributed by atoms with Crippen molar-refractivity contribution in [3.63, 3.8) is 0 Å². The van der Waals surface area contributed by atoms with Crippen molar-refractivity contribution in [3.8, 4) is 0 Å². The number of carbonyl (C=O) groups excluding carboxylic acids is 1. The van der Waals surface area contributed by atoms with Gasteiger partial charge >= 0.3 is 0 Å². The predicted octanol–water partition coefficient (Wildman–Crippen LogP) is 0.830. The molecule has 1 amide bonds. The SMILES string of the molecule is CN1CCN(C(=O)c2ncccc2N)CC1(C)C. The minimum atomic E-state index is -0.0747. The number of pyridine rings is 1. The van der Waals surface area contributed by atoms with Gasteiger partial charge in [-0.3, -0.25) is 9.69 Å². The lowest BCUT2D eigenvalue weighted by atomic mass is 9.99. The molecule has 1 saturated heterocycles. The molecule has 0 bridgehead atoms. The van der Waals surface area contributed by atoms with Gasteiger partial charge in [0.2, 0.25) is 0 Å². The van der Waals surface area contributed by atoms with Crippen molar-refractivity contribution < 1.29 is 4.79 Å². The molecule has 2 heterocycles. The van der Waals surface area contributed by atoms with Gasteiger partial charge < -0.3 is 10.6 Å². The molecule has 98 valence electrons. The van der Waals surface area contributed by atoms with E-state index in [1.807, 2.05) is 4.90 Å². The minimum Gasteiger partial charge on any atom is -0.397 e. The number of aromatic nitrogens is 1. The van der Waals surface area contributed by atoms with E-state index in [0.717, 1.165) is 13.1 Å². The average Bonchev–Trinajstić information content (AvgIpc) is 2.32. The zero-order valence-corrected chi connectivity index (χ0v) is 11.2. The van der Waals surface area contributed by atoms with Gasteiger partial charge in [0.15, 0.2) is 5.69 Å². The van der Waals surface area contributed by atoms with Crippen LogP contribution in [0.1, 0.15) is 24.3 Å². The van der Waals surface area contributed by atoms with Gasteiger partial charge in [0.05, 0.1) is 5.69 Å². The molecule has 5 heteroatoms. The van der Waals surface area contributed by atoms with Crippen molar-refractivity contribution in [1.82, 2.24) is 14.8 Å². The number of nitrogens with zero attached hydrogens (tertiary/aromatic N) is 3. The van der Waals surface area contributed by atoms with Crippen LogP contribution in [-0.2, 0) is 0 Å². The van der Waals surface area contributed by atoms with Crippen molar-refractivity contribution in [1.29, 1.82) is 0 Å². The lowest BCUT2D eigenvalue weighted by molar-refractivity contribution is 0.0308. The number of likely N-dealkylation sites (N-methyl/N-ethyl adjacent to an activating group) is 1. The predicted molar refractivity (Wildman–Crippen MR) is 71.3 cm³/mol. The second kappa shape index (κ2) is 4.57. The van der Waals surface area contributed by atoms with E-state index < -0.39 is 0 Å². The zero-order valence-electron chi connectivity index (χ0n) is 11.2. The Morgan fingerprint density at radius 1 is 1.44 bits per heavy atom. The summed E-state index contributed by atoms with van der Waals surface area (Å²) in [4.78, 5) is 20.6. The maximum Gasteiger partial charge on any atom is 0.274 e. The fourth-order valence-corrected chi connectivity index (χ4v) is 2.16. The highest BCUT2D eigenvalue weighted by Gasteiger charge is 2.34. The summed E-state index contributed by atoms with van der Waals surface area (Å²) in [5.74, 6) is -0.0747. The minimum absolute atomic E-state index is 0.0164. The molecule has 0 aliphatic carbocycles. The van der Waals surface area contributed by atoms with Crippen LogP contribution >= 0.6 is 0 Å². The third kappa shape index (κ3) is 2.31. The quantitative estimate of drug-likeness (QED) is 0.799. The molecule has 18 heavy (non-hydrogen) atoms. The fraction of sp³-hybridized carbons (Fsp3) is 0.538. The normalized spacial score (nSPS) is 19.8. The molecule has 2 rings (SSSR count). The molecule has 0 unspecified atom stereocenters. The van der Waals surface area contributed by atoms with Crippen LogP contribution < -0.4 is 5.73 Å². The first-order valence-corrected chi connectivity index (χ1v) is 6.13. The van der Waals surface area contributed by atoms with Crippen LogP contribution in [0.5, 0.6) is 0 Å². The average molecular weight is 248 g/mol. The second-order valence-electron chi connectivity index (χ2n) is 5.40. The Kier molecular flexibility index (Phi) is 3.26. The number of hydrogen-bond acceptors (Lipinski definition) is 4. The van der Waals surface area contributed by atoms with Crippen molar-refractivity contribution in [2.75, 3.05) is 32.4 Å². The van der Waals surface area contributed by atoms with E-state index in [0.29, 0.717) is 17.9 Å². The standard InChI is InChI=1S/C13H20N4O/c1-13(2)9-17(8-7-16(13)3)12(18)11-10(14)5-4-6-15-11/h4-6H,7-9,14H2,1-3H3. The molecule has 1 fully saturated rings. The smallest absolute Gasteiger partial charge is 0.274 e. The number of nitrogens with two attached hydrogens (primary N) is 1. The first-order valence-electron chi connectivity index (χ1n) is 6.13. The molecule has 1 aromatic rings. The van der Waals surface area contributed by atoms with Gasteiger partial charge in [0.1, 0.15) is 0 Å². The van der Waals surface area contributed by atoms with Crippen molar-refractivity contribution in [2.24, 2.45) is 0 Å². The summed E-state index contributed by atoms with van der Waals surface area (Å²) in [5, 5.41) is 0. The maximum atomic E-state index is 12.4. The first kappa shape index (κ1) is 12.8. The highest BCUT2D eigenvalue weighted by Crippen LogP contribution is 2.21. The molecular formula is C13H20N4O. The third-order valence-electron chi connectivity index (χ3n) is 3.65. The van der Waals surface area contributed by atoms with Crippen molar-refractivity contribution in [2.45, 2.75) is 19.4 Å². The largest absolute Gasteiger partial charge is 0.397 e. The molecule has 1 aromatic heterocycles. The molecule has 1 aliphatic rings. The van der Waals surface area contributed by atoms with Gasteiger partial charge in [-0.15, -0.1) is 0 Å². The van der Waals surface area contributed by atoms with Gasteiger partial charge in [-0.25, -0.2) is 4.98 Å². The molecule has 1 aliphatic heterocycles. The summed E-state index contributed by atoms with van der Waals surface area (Å²) in [6, 6.07) is 3.45. The molecule has 0 atom stereocenters. The van der Waals surface area contributed by atoms with Gasteiger partial charge in [0.25, 0.3) is 5.91 Å². The summed E-state index contributed by atoms with van der Waals surface area (Å²) < 4.78 is 0. The Bertz CT molecular complexity index is 458. The monoisotopic (exact) mass is 248 g/mol. The van der Waals surface area contributed by atoms with Crippen molar-refractivity contribution >= 4 is 11.6 Å². The number of rotatable bonds is 1. The highest BCUT2D eigenvalue weighted by molar-refractivity contribution is 5.97. The number of nitrogen functional groups attached to an aromatic ring is 1. The topological polar surface area (TPSA) is 62.5 Å². The van der Waals surface area contributed by atoms with Gasteiger partial charge in [0, 0.05) is 31.4 Å². The van der Waals surface area contributed by atoms with Crippen LogP contribution in [0, 0.1) is 0 Å². The number of hydrogen-bond donors (Lipinski definition) is 1. The Labute approximate surface area is 108 Å². The summed E-state index contributed by atoms with van der Waals surface area (Å²) in [6.45, 7) is 6.54. The Hall–Kier alpha value is -1.62. The molecular weight excluding hydrogens is 228 g/mol. The molecule has 5 nitrogen and oxygen atoms in total. The molecule has 0 spiro atoms. The summed E-state index contributed by atoms with van der Waals surface area (Å²) in [6.07, 6.45) is 1.60. The summed E-state index contributed by atoms with van der Waals surface area (Å²) in [5.41, 5.74) is 6.59. The van der Waals surface area contributed by atoms with E-state index in [-0.39, 0.29) is 11.4 Å². The van der Waals surface area contributed by atoms with Gasteiger partial charge in [-0.05, 0) is 33.0 Å². The van der Waals surface area contributed by atoms with Crippen LogP contribution in [0.25, 0.3) is 0 Å². The summed E-state index contributed by atoms with van der Waals surface area (Å²) >= 11 is 0. The Morgan fingerprint density at radius 3 is 2.78 bits per heavy atom. The lowest BCUT2D eigenvalue weighted by Crippen LogP contribution is -2.59. The van der Waals surface area contributed by atoms with Crippen LogP contribution in [0.4, 0.5) is 5.69 Å². The molecule has 0 saturated carbocycles. The molecule has 2 N–H and O–H groups in total. The van der Waals surface area contributed by atoms with Crippen LogP contribution in [-0.4, -0.2) is 52.9 Å². The van der Waals surface area contributed by atoms with E-state index >= 15 is 0 Å². The zero-order chi connectivity index (χ0) is 13.3. The lowest BCUT2D eigenvalue weighted by Gasteiger charge is -2.45. The number of carbonyl (C=O) groups is 1. The maximum absolute atomic E-state index is 12.4. The van der Waals surface area contributed by atoms with Crippen LogP contribution in [0.3, 0.4) is 0 Å². The fourth-order valence-electron chi connectivity index (χ4n) is 2.16. The van der Waals surface area contributed by atoms with Crippen LogP contribution in [0.15, 0.2) is 18.3 Å². The Balaban J connectivity index is 2.18. The van der Waals surface area contributed by atoms with E-state index in [4.69, 9.17) is 5.73 Å². The van der Waals surface area contributed by atoms with Gasteiger partial charge in [-0.2, -0.15) is 0 Å². The highest BCUT2D eigenvalue weighted by atomic mass is 16.2.